The van der Waals surface area contributed by atoms with Crippen LogP contribution in [-0.4, -0.2) is 185 Å². The van der Waals surface area contributed by atoms with E-state index in [-0.39, 0.29) is 19.4 Å². The molecular weight excluding hydrogens is 890 g/mol. The molecule has 0 heterocycles. The van der Waals surface area contributed by atoms with Gasteiger partial charge in [-0.05, 0) is 19.4 Å². The lowest BCUT2D eigenvalue weighted by Crippen LogP contribution is -2.61. The lowest BCUT2D eigenvalue weighted by atomic mass is 10.1. The van der Waals surface area contributed by atoms with Crippen LogP contribution in [0.4, 0.5) is 0 Å². The zero-order chi connectivity index (χ0) is 50.3. The molecule has 0 aromatic heterocycles. The summed E-state index contributed by atoms with van der Waals surface area (Å²) in [4.78, 5) is 183. The molecular formula is C33H47N9O23. The van der Waals surface area contributed by atoms with E-state index in [0.29, 0.717) is 0 Å². The molecule has 19 N–H and O–H groups in total. The van der Waals surface area contributed by atoms with Gasteiger partial charge in [0.05, 0.1) is 51.0 Å². The normalized spacial score (nSPS) is 14.3. The zero-order valence-electron chi connectivity index (χ0n) is 33.5. The summed E-state index contributed by atoms with van der Waals surface area (Å²) >= 11 is 0. The Labute approximate surface area is 363 Å². The van der Waals surface area contributed by atoms with E-state index >= 15 is 0 Å². The van der Waals surface area contributed by atoms with Crippen LogP contribution in [0.5, 0.6) is 0 Å². The van der Waals surface area contributed by atoms with E-state index in [1.165, 1.54) is 0 Å². The van der Waals surface area contributed by atoms with Crippen molar-refractivity contribution in [1.82, 2.24) is 37.2 Å². The zero-order valence-corrected chi connectivity index (χ0v) is 33.5. The van der Waals surface area contributed by atoms with Crippen molar-refractivity contribution in [2.75, 3.05) is 6.54 Å². The predicted molar refractivity (Wildman–Crippen MR) is 203 cm³/mol. The van der Waals surface area contributed by atoms with Crippen LogP contribution in [0, 0.1) is 0 Å². The molecule has 32 heteroatoms. The standard InChI is InChI=1S/C33H47N9O23/c34-3-1-2-12(33(64)65)36-27(58)14(6-21(47)48)38-29(60)16(8-23(51)52)40-31(62)18(10-25(55)56)42-32(63)17(9-24(53)54)41-30(61)15(7-22(49)50)39-28(59)13(5-20(45)46)37-26(57)11(35)4-19(43)44/h11-18H,1-10,34-35H2,(H,36,58)(H,37,57)(H,38,60)(H,39,59)(H,40,62)(H,41,61)(H,42,63)(H,43,44)(H,45,46)(H,47,48)(H,49,50)(H,51,52)(H,53,54)(H,55,56)(H,64,65)/t11-,12-,13-,14-,15-,16-,17-,18-/m0/s1. The Kier molecular flexibility index (Phi) is 24.4. The number of carbonyl (C=O) groups excluding carboxylic acids is 7. The third-order valence-electron chi connectivity index (χ3n) is 8.11. The summed E-state index contributed by atoms with van der Waals surface area (Å²) in [5.41, 5.74) is 10.7. The largest absolute Gasteiger partial charge is 0.481 e. The maximum atomic E-state index is 13.3. The third kappa shape index (κ3) is 23.1. The van der Waals surface area contributed by atoms with Crippen LogP contribution in [0.3, 0.4) is 0 Å². The summed E-state index contributed by atoms with van der Waals surface area (Å²) in [5, 5.41) is 87.0. The number of carbonyl (C=O) groups is 15. The number of nitrogens with one attached hydrogen (secondary N) is 7. The maximum Gasteiger partial charge on any atom is 0.326 e. The van der Waals surface area contributed by atoms with E-state index in [4.69, 9.17) is 16.6 Å². The minimum Gasteiger partial charge on any atom is -0.481 e. The number of rotatable bonds is 32. The van der Waals surface area contributed by atoms with Crippen molar-refractivity contribution in [3.8, 4) is 0 Å². The highest BCUT2D eigenvalue weighted by Crippen LogP contribution is 2.07. The topological polar surface area (TPSA) is 554 Å². The van der Waals surface area contributed by atoms with Crippen LogP contribution >= 0.6 is 0 Å². The van der Waals surface area contributed by atoms with Gasteiger partial charge in [-0.2, -0.15) is 0 Å². The maximum absolute atomic E-state index is 13.3. The summed E-state index contributed by atoms with van der Waals surface area (Å²) in [6.45, 7) is -0.0189. The molecule has 0 rings (SSSR count). The van der Waals surface area contributed by atoms with Gasteiger partial charge in [0.1, 0.15) is 42.3 Å². The first-order valence-electron chi connectivity index (χ1n) is 18.4. The molecule has 0 aliphatic rings. The summed E-state index contributed by atoms with van der Waals surface area (Å²) in [7, 11) is 0. The van der Waals surface area contributed by atoms with Gasteiger partial charge in [-0.1, -0.05) is 0 Å². The van der Waals surface area contributed by atoms with Crippen molar-refractivity contribution >= 4 is 89.1 Å². The van der Waals surface area contributed by atoms with Crippen LogP contribution in [-0.2, 0) is 71.9 Å². The summed E-state index contributed by atoms with van der Waals surface area (Å²) in [6.07, 6.45) is -9.29. The molecule has 0 spiro atoms. The number of carboxylic acids is 8. The molecule has 7 amide bonds. The molecule has 65 heavy (non-hydrogen) atoms. The molecule has 0 aromatic rings. The van der Waals surface area contributed by atoms with Crippen molar-refractivity contribution in [3.05, 3.63) is 0 Å². The Balaban J connectivity index is 6.57. The number of aliphatic carboxylic acids is 8. The Morgan fingerprint density at radius 3 is 0.708 bits per heavy atom. The van der Waals surface area contributed by atoms with Gasteiger partial charge in [0.15, 0.2) is 0 Å². The van der Waals surface area contributed by atoms with E-state index in [2.05, 4.69) is 0 Å². The van der Waals surface area contributed by atoms with Crippen molar-refractivity contribution in [2.24, 2.45) is 11.5 Å². The first-order chi connectivity index (χ1) is 30.1. The van der Waals surface area contributed by atoms with Gasteiger partial charge in [0.2, 0.25) is 41.4 Å². The molecule has 0 unspecified atom stereocenters. The van der Waals surface area contributed by atoms with Gasteiger partial charge in [-0.3, -0.25) is 67.1 Å². The molecule has 362 valence electrons. The Bertz CT molecular complexity index is 1880. The van der Waals surface area contributed by atoms with E-state index < -0.39 is 182 Å². The fourth-order valence-corrected chi connectivity index (χ4v) is 5.08. The Morgan fingerprint density at radius 2 is 0.523 bits per heavy atom. The van der Waals surface area contributed by atoms with Gasteiger partial charge in [0.25, 0.3) is 0 Å². The Morgan fingerprint density at radius 1 is 0.323 bits per heavy atom. The first-order valence-corrected chi connectivity index (χ1v) is 18.4. The molecule has 32 nitrogen and oxygen atoms in total. The van der Waals surface area contributed by atoms with E-state index in [1.54, 1.807) is 26.6 Å². The third-order valence-corrected chi connectivity index (χ3v) is 8.11. The highest BCUT2D eigenvalue weighted by molar-refractivity contribution is 6.01. The van der Waals surface area contributed by atoms with Gasteiger partial charge in [-0.15, -0.1) is 0 Å². The van der Waals surface area contributed by atoms with E-state index in [1.807, 2.05) is 10.6 Å². The average Bonchev–Trinajstić information content (AvgIpc) is 3.16. The van der Waals surface area contributed by atoms with Crippen molar-refractivity contribution in [3.63, 3.8) is 0 Å². The van der Waals surface area contributed by atoms with E-state index in [0.717, 1.165) is 0 Å². The van der Waals surface area contributed by atoms with Crippen LogP contribution in [0.1, 0.15) is 57.8 Å². The number of nitrogens with two attached hydrogens (primary N) is 2. The monoisotopic (exact) mass is 937 g/mol. The highest BCUT2D eigenvalue weighted by Gasteiger charge is 2.37. The molecule has 0 saturated carbocycles. The molecule has 0 aliphatic heterocycles. The molecule has 0 fully saturated rings. The van der Waals surface area contributed by atoms with E-state index in [9.17, 15) is 108 Å². The number of carboxylic acid groups (broad SMARTS) is 8. The molecule has 0 aromatic carbocycles. The van der Waals surface area contributed by atoms with Crippen LogP contribution in [0.15, 0.2) is 0 Å². The van der Waals surface area contributed by atoms with Gasteiger partial charge in [0, 0.05) is 0 Å². The van der Waals surface area contributed by atoms with Gasteiger partial charge in [-0.25, -0.2) is 4.79 Å². The van der Waals surface area contributed by atoms with Gasteiger partial charge < -0.3 is 89.5 Å². The molecule has 0 aliphatic carbocycles. The van der Waals surface area contributed by atoms with Crippen molar-refractivity contribution < 1.29 is 113 Å². The average molecular weight is 938 g/mol. The second-order valence-corrected chi connectivity index (χ2v) is 13.5. The van der Waals surface area contributed by atoms with Gasteiger partial charge >= 0.3 is 47.8 Å². The van der Waals surface area contributed by atoms with Crippen molar-refractivity contribution in [1.29, 1.82) is 0 Å². The number of hydrogen-bond acceptors (Lipinski definition) is 17. The second kappa shape index (κ2) is 27.8. The minimum atomic E-state index is -2.39. The van der Waals surface area contributed by atoms with Crippen LogP contribution in [0.2, 0.25) is 0 Å². The first kappa shape index (κ1) is 57.0. The molecule has 0 radical (unpaired) electrons. The molecule has 8 atom stereocenters. The quantitative estimate of drug-likeness (QED) is 0.0298. The summed E-state index contributed by atoms with van der Waals surface area (Å²) < 4.78 is 0. The fourth-order valence-electron chi connectivity index (χ4n) is 5.08. The smallest absolute Gasteiger partial charge is 0.326 e. The van der Waals surface area contributed by atoms with Crippen molar-refractivity contribution in [2.45, 2.75) is 106 Å². The number of amides is 7. The highest BCUT2D eigenvalue weighted by atomic mass is 16.4. The molecule has 0 saturated heterocycles. The minimum absolute atomic E-state index is 0.0189. The number of hydrogen-bond donors (Lipinski definition) is 17. The van der Waals surface area contributed by atoms with Crippen LogP contribution in [0.25, 0.3) is 0 Å². The summed E-state index contributed by atoms with van der Waals surface area (Å²) in [6, 6.07) is -17.2. The van der Waals surface area contributed by atoms with Crippen LogP contribution < -0.4 is 48.7 Å². The lowest BCUT2D eigenvalue weighted by molar-refractivity contribution is -0.145. The SMILES string of the molecule is NCCC[C@H](NC(=O)[C@H](CC(=O)O)NC(=O)[C@H](CC(=O)O)NC(=O)[C@H](CC(=O)O)NC(=O)[C@H](CC(=O)O)NC(=O)[C@H](CC(=O)O)NC(=O)[C@H](CC(=O)O)NC(=O)[C@@H](N)CC(=O)O)C(=O)O. The fraction of sp³-hybridized carbons (Fsp3) is 0.545. The second-order valence-electron chi connectivity index (χ2n) is 13.5. The summed E-state index contributed by atoms with van der Waals surface area (Å²) in [5.74, 6) is -25.3. The lowest BCUT2D eigenvalue weighted by Gasteiger charge is -2.26. The Hall–Kier alpha value is -8.03. The molecule has 0 bridgehead atoms. The predicted octanol–water partition coefficient (Wildman–Crippen LogP) is -8.15.